The van der Waals surface area contributed by atoms with E-state index in [9.17, 15) is 9.59 Å². The largest absolute Gasteiger partial charge is 0.489 e. The van der Waals surface area contributed by atoms with Gasteiger partial charge in [0, 0.05) is 12.1 Å². The first-order valence-corrected chi connectivity index (χ1v) is 8.95. The SMILES string of the molecule is Cc1ccc(NC(=O)COC(=O)c2cc(Cl)c3c(c2)OCCCO3)cc1C. The number of esters is 1. The number of benzene rings is 2. The van der Waals surface area contributed by atoms with E-state index < -0.39 is 18.5 Å². The Hall–Kier alpha value is -2.73. The average Bonchev–Trinajstić information content (AvgIpc) is 2.88. The normalized spacial score (nSPS) is 12.9. The molecule has 6 nitrogen and oxygen atoms in total. The molecule has 0 aromatic heterocycles. The van der Waals surface area contributed by atoms with Crippen molar-refractivity contribution in [1.29, 1.82) is 0 Å². The van der Waals surface area contributed by atoms with Gasteiger partial charge in [0.1, 0.15) is 0 Å². The van der Waals surface area contributed by atoms with Gasteiger partial charge in [-0.15, -0.1) is 0 Å². The van der Waals surface area contributed by atoms with Gasteiger partial charge < -0.3 is 19.5 Å². The molecule has 1 amide bonds. The molecule has 0 aliphatic carbocycles. The van der Waals surface area contributed by atoms with E-state index in [1.165, 1.54) is 12.1 Å². The van der Waals surface area contributed by atoms with Crippen LogP contribution in [0.4, 0.5) is 5.69 Å². The third kappa shape index (κ3) is 4.71. The van der Waals surface area contributed by atoms with Crippen molar-refractivity contribution in [3.05, 3.63) is 52.0 Å². The first-order chi connectivity index (χ1) is 12.9. The van der Waals surface area contributed by atoms with E-state index in [4.69, 9.17) is 25.8 Å². The number of nitrogens with one attached hydrogen (secondary N) is 1. The van der Waals surface area contributed by atoms with Crippen molar-refractivity contribution in [3.63, 3.8) is 0 Å². The summed E-state index contributed by atoms with van der Waals surface area (Å²) in [7, 11) is 0. The molecule has 0 unspecified atom stereocenters. The summed E-state index contributed by atoms with van der Waals surface area (Å²) in [4.78, 5) is 24.3. The van der Waals surface area contributed by atoms with Gasteiger partial charge in [-0.3, -0.25) is 4.79 Å². The Labute approximate surface area is 162 Å². The van der Waals surface area contributed by atoms with E-state index in [1.807, 2.05) is 26.0 Å². The van der Waals surface area contributed by atoms with E-state index in [1.54, 1.807) is 6.07 Å². The summed E-state index contributed by atoms with van der Waals surface area (Å²) in [6, 6.07) is 8.52. The Morgan fingerprint density at radius 1 is 1.11 bits per heavy atom. The van der Waals surface area contributed by atoms with E-state index in [-0.39, 0.29) is 10.6 Å². The highest BCUT2D eigenvalue weighted by atomic mass is 35.5. The molecule has 1 aliphatic rings. The van der Waals surface area contributed by atoms with Gasteiger partial charge in [-0.1, -0.05) is 17.7 Å². The highest BCUT2D eigenvalue weighted by Gasteiger charge is 2.19. The zero-order valence-corrected chi connectivity index (χ0v) is 15.9. The van der Waals surface area contributed by atoms with Crippen LogP contribution < -0.4 is 14.8 Å². The second-order valence-electron chi connectivity index (χ2n) is 6.26. The fraction of sp³-hybridized carbons (Fsp3) is 0.300. The number of aryl methyl sites for hydroxylation is 2. The molecule has 0 bridgehead atoms. The van der Waals surface area contributed by atoms with Crippen molar-refractivity contribution < 1.29 is 23.8 Å². The van der Waals surface area contributed by atoms with E-state index in [0.717, 1.165) is 17.5 Å². The Bertz CT molecular complexity index is 881. The van der Waals surface area contributed by atoms with Crippen LogP contribution in [-0.4, -0.2) is 31.7 Å². The molecule has 0 saturated heterocycles. The molecule has 27 heavy (non-hydrogen) atoms. The molecule has 3 rings (SSSR count). The number of anilines is 1. The molecule has 2 aromatic rings. The lowest BCUT2D eigenvalue weighted by atomic mass is 10.1. The summed E-state index contributed by atoms with van der Waals surface area (Å²) < 4.78 is 16.2. The van der Waals surface area contributed by atoms with Crippen LogP contribution in [0.3, 0.4) is 0 Å². The van der Waals surface area contributed by atoms with Crippen molar-refractivity contribution >= 4 is 29.2 Å². The van der Waals surface area contributed by atoms with E-state index in [2.05, 4.69) is 5.32 Å². The Morgan fingerprint density at radius 3 is 2.67 bits per heavy atom. The number of carbonyl (C=O) groups is 2. The number of hydrogen-bond acceptors (Lipinski definition) is 5. The zero-order valence-electron chi connectivity index (χ0n) is 15.1. The predicted octanol–water partition coefficient (Wildman–Crippen LogP) is 3.91. The molecule has 0 spiro atoms. The Balaban J connectivity index is 1.62. The van der Waals surface area contributed by atoms with Gasteiger partial charge in [0.25, 0.3) is 5.91 Å². The third-order valence-electron chi connectivity index (χ3n) is 4.16. The highest BCUT2D eigenvalue weighted by Crippen LogP contribution is 2.38. The number of rotatable bonds is 4. The minimum atomic E-state index is -0.664. The minimum absolute atomic E-state index is 0.197. The third-order valence-corrected chi connectivity index (χ3v) is 4.44. The lowest BCUT2D eigenvalue weighted by molar-refractivity contribution is -0.119. The predicted molar refractivity (Wildman–Crippen MR) is 102 cm³/mol. The molecule has 142 valence electrons. The summed E-state index contributed by atoms with van der Waals surface area (Å²) in [6.45, 7) is 4.51. The van der Waals surface area contributed by atoms with Gasteiger partial charge >= 0.3 is 5.97 Å². The van der Waals surface area contributed by atoms with Gasteiger partial charge in [0.2, 0.25) is 0 Å². The van der Waals surface area contributed by atoms with E-state index >= 15 is 0 Å². The number of ether oxygens (including phenoxy) is 3. The van der Waals surface area contributed by atoms with Crippen molar-refractivity contribution in [3.8, 4) is 11.5 Å². The minimum Gasteiger partial charge on any atom is -0.489 e. The first-order valence-electron chi connectivity index (χ1n) is 8.57. The smallest absolute Gasteiger partial charge is 0.338 e. The van der Waals surface area contributed by atoms with Gasteiger partial charge in [-0.25, -0.2) is 4.79 Å². The van der Waals surface area contributed by atoms with Gasteiger partial charge in [-0.05, 0) is 49.2 Å². The summed E-state index contributed by atoms with van der Waals surface area (Å²) in [5, 5.41) is 2.96. The topological polar surface area (TPSA) is 73.9 Å². The monoisotopic (exact) mass is 389 g/mol. The Kier molecular flexibility index (Phi) is 5.86. The van der Waals surface area contributed by atoms with Gasteiger partial charge in [-0.2, -0.15) is 0 Å². The van der Waals surface area contributed by atoms with Crippen LogP contribution in [0.25, 0.3) is 0 Å². The maximum atomic E-state index is 12.3. The van der Waals surface area contributed by atoms with Crippen LogP contribution in [0.1, 0.15) is 27.9 Å². The van der Waals surface area contributed by atoms with Crippen LogP contribution in [-0.2, 0) is 9.53 Å². The average molecular weight is 390 g/mol. The molecule has 1 N–H and O–H groups in total. The maximum Gasteiger partial charge on any atom is 0.338 e. The molecular weight excluding hydrogens is 370 g/mol. The summed E-state index contributed by atoms with van der Waals surface area (Å²) in [5.74, 6) is -0.278. The summed E-state index contributed by atoms with van der Waals surface area (Å²) in [6.07, 6.45) is 0.726. The highest BCUT2D eigenvalue weighted by molar-refractivity contribution is 6.32. The van der Waals surface area contributed by atoms with Crippen molar-refractivity contribution in [2.24, 2.45) is 0 Å². The van der Waals surface area contributed by atoms with Gasteiger partial charge in [0.05, 0.1) is 23.8 Å². The standard InChI is InChI=1S/C20H20ClNO5/c1-12-4-5-15(8-13(12)2)22-18(23)11-27-20(24)14-9-16(21)19-17(10-14)25-6-3-7-26-19/h4-5,8-10H,3,6-7,11H2,1-2H3,(H,22,23). The van der Waals surface area contributed by atoms with E-state index in [0.29, 0.717) is 30.4 Å². The molecular formula is C20H20ClNO5. The number of halogens is 1. The van der Waals surface area contributed by atoms with Crippen molar-refractivity contribution in [1.82, 2.24) is 0 Å². The molecule has 0 fully saturated rings. The first kappa shape index (κ1) is 19.0. The van der Waals surface area contributed by atoms with Crippen molar-refractivity contribution in [2.45, 2.75) is 20.3 Å². The molecule has 7 heteroatoms. The number of hydrogen-bond donors (Lipinski definition) is 1. The number of fused-ring (bicyclic) bond motifs is 1. The van der Waals surface area contributed by atoms with Crippen LogP contribution in [0.5, 0.6) is 11.5 Å². The summed E-state index contributed by atoms with van der Waals surface area (Å²) >= 11 is 6.17. The Morgan fingerprint density at radius 2 is 1.89 bits per heavy atom. The molecule has 0 radical (unpaired) electrons. The molecule has 1 heterocycles. The van der Waals surface area contributed by atoms with Crippen LogP contribution in [0, 0.1) is 13.8 Å². The van der Waals surface area contributed by atoms with Gasteiger partial charge in [0.15, 0.2) is 18.1 Å². The van der Waals surface area contributed by atoms with Crippen LogP contribution >= 0.6 is 11.6 Å². The molecule has 0 saturated carbocycles. The lowest BCUT2D eigenvalue weighted by Crippen LogP contribution is -2.21. The molecule has 1 aliphatic heterocycles. The van der Waals surface area contributed by atoms with Crippen molar-refractivity contribution in [2.75, 3.05) is 25.1 Å². The number of carbonyl (C=O) groups excluding carboxylic acids is 2. The zero-order chi connectivity index (χ0) is 19.4. The quantitative estimate of drug-likeness (QED) is 0.802. The lowest BCUT2D eigenvalue weighted by Gasteiger charge is -2.12. The molecule has 2 aromatic carbocycles. The second-order valence-corrected chi connectivity index (χ2v) is 6.67. The number of amides is 1. The fourth-order valence-corrected chi connectivity index (χ4v) is 2.84. The van der Waals surface area contributed by atoms with Crippen LogP contribution in [0.2, 0.25) is 5.02 Å². The molecule has 0 atom stereocenters. The maximum absolute atomic E-state index is 12.3. The summed E-state index contributed by atoms with van der Waals surface area (Å²) in [5.41, 5.74) is 3.04. The van der Waals surface area contributed by atoms with Crippen LogP contribution in [0.15, 0.2) is 30.3 Å². The fourth-order valence-electron chi connectivity index (χ4n) is 2.58. The second kappa shape index (κ2) is 8.31.